The topological polar surface area (TPSA) is 52.7 Å². The van der Waals surface area contributed by atoms with E-state index in [0.717, 1.165) is 31.1 Å². The predicted molar refractivity (Wildman–Crippen MR) is 106 cm³/mol. The van der Waals surface area contributed by atoms with Gasteiger partial charge in [0.1, 0.15) is 0 Å². The smallest absolute Gasteiger partial charge is 0.239 e. The lowest BCUT2D eigenvalue weighted by Crippen LogP contribution is -2.45. The summed E-state index contributed by atoms with van der Waals surface area (Å²) >= 11 is 0. The van der Waals surface area contributed by atoms with Gasteiger partial charge in [-0.25, -0.2) is 8.42 Å². The van der Waals surface area contributed by atoms with Crippen LogP contribution in [-0.4, -0.2) is 51.3 Å². The van der Waals surface area contributed by atoms with E-state index >= 15 is 0 Å². The molecule has 1 unspecified atom stereocenters. The van der Waals surface area contributed by atoms with Crippen LogP contribution in [0.5, 0.6) is 0 Å². The summed E-state index contributed by atoms with van der Waals surface area (Å²) in [6, 6.07) is 9.53. The van der Waals surface area contributed by atoms with Crippen molar-refractivity contribution in [2.45, 2.75) is 62.3 Å². The van der Waals surface area contributed by atoms with Gasteiger partial charge in [0.2, 0.25) is 10.0 Å². The summed E-state index contributed by atoms with van der Waals surface area (Å²) in [7, 11) is -1.62. The first kappa shape index (κ1) is 18.3. The van der Waals surface area contributed by atoms with Gasteiger partial charge in [0, 0.05) is 25.7 Å². The average molecular weight is 378 g/mol. The lowest BCUT2D eigenvalue weighted by molar-refractivity contribution is 0.150. The van der Waals surface area contributed by atoms with Gasteiger partial charge < -0.3 is 5.32 Å². The standard InChI is InChI=1S/C20H31N3O2S/c1-22(26(24,25)19-6-4-13-21-15-19)17-9-7-16(8-10-17)20-12-11-18-5-2-3-14-23(18)20/h7-10,18-21H,2-6,11-15H2,1H3/t18-,19?,20-/m1/s1. The highest BCUT2D eigenvalue weighted by atomic mass is 32.2. The molecule has 0 bridgehead atoms. The number of fused-ring (bicyclic) bond motifs is 1. The second-order valence-corrected chi connectivity index (χ2v) is 10.3. The molecule has 3 aliphatic heterocycles. The number of nitrogens with zero attached hydrogens (tertiary/aromatic N) is 2. The van der Waals surface area contributed by atoms with Gasteiger partial charge in [-0.15, -0.1) is 0 Å². The van der Waals surface area contributed by atoms with Gasteiger partial charge in [-0.2, -0.15) is 0 Å². The number of anilines is 1. The van der Waals surface area contributed by atoms with Crippen LogP contribution in [0.25, 0.3) is 0 Å². The summed E-state index contributed by atoms with van der Waals surface area (Å²) in [5, 5.41) is 2.89. The lowest BCUT2D eigenvalue weighted by atomic mass is 10.0. The minimum atomic E-state index is -3.31. The molecule has 0 radical (unpaired) electrons. The number of hydrogen-bond acceptors (Lipinski definition) is 4. The molecular formula is C20H31N3O2S. The molecule has 3 fully saturated rings. The van der Waals surface area contributed by atoms with Crippen molar-refractivity contribution in [3.63, 3.8) is 0 Å². The third-order valence-electron chi connectivity index (χ3n) is 6.54. The zero-order valence-electron chi connectivity index (χ0n) is 15.7. The third kappa shape index (κ3) is 3.39. The summed E-state index contributed by atoms with van der Waals surface area (Å²) in [5.74, 6) is 0. The van der Waals surface area contributed by atoms with E-state index in [2.05, 4.69) is 22.3 Å². The molecule has 0 aliphatic carbocycles. The van der Waals surface area contributed by atoms with E-state index in [1.165, 1.54) is 48.5 Å². The molecule has 3 atom stereocenters. The Labute approximate surface area is 157 Å². The van der Waals surface area contributed by atoms with Gasteiger partial charge in [-0.1, -0.05) is 18.6 Å². The van der Waals surface area contributed by atoms with Gasteiger partial charge >= 0.3 is 0 Å². The van der Waals surface area contributed by atoms with Crippen LogP contribution in [0.4, 0.5) is 5.69 Å². The molecule has 4 rings (SSSR count). The number of piperidine rings is 2. The first-order chi connectivity index (χ1) is 12.6. The Morgan fingerprint density at radius 3 is 2.58 bits per heavy atom. The van der Waals surface area contributed by atoms with Crippen LogP contribution in [0, 0.1) is 0 Å². The fourth-order valence-electron chi connectivity index (χ4n) is 4.97. The Kier molecular flexibility index (Phi) is 5.26. The van der Waals surface area contributed by atoms with E-state index in [-0.39, 0.29) is 5.25 Å². The Hall–Kier alpha value is -1.11. The molecule has 0 amide bonds. The van der Waals surface area contributed by atoms with E-state index < -0.39 is 10.0 Å². The van der Waals surface area contributed by atoms with E-state index in [9.17, 15) is 8.42 Å². The minimum Gasteiger partial charge on any atom is -0.315 e. The zero-order valence-corrected chi connectivity index (χ0v) is 16.5. The second kappa shape index (κ2) is 7.49. The Morgan fingerprint density at radius 2 is 1.85 bits per heavy atom. The summed E-state index contributed by atoms with van der Waals surface area (Å²) in [6.45, 7) is 2.69. The van der Waals surface area contributed by atoms with Crippen molar-refractivity contribution in [1.82, 2.24) is 10.2 Å². The summed E-state index contributed by atoms with van der Waals surface area (Å²) < 4.78 is 27.3. The summed E-state index contributed by atoms with van der Waals surface area (Å²) in [5.41, 5.74) is 2.11. The van der Waals surface area contributed by atoms with Crippen LogP contribution in [0.15, 0.2) is 24.3 Å². The van der Waals surface area contributed by atoms with Gasteiger partial charge in [0.15, 0.2) is 0 Å². The lowest BCUT2D eigenvalue weighted by Gasteiger charge is -2.34. The average Bonchev–Trinajstić information content (AvgIpc) is 3.12. The fourth-order valence-corrected chi connectivity index (χ4v) is 6.62. The number of sulfonamides is 1. The molecule has 5 nitrogen and oxygen atoms in total. The Balaban J connectivity index is 1.48. The number of rotatable bonds is 4. The predicted octanol–water partition coefficient (Wildman–Crippen LogP) is 2.89. The summed E-state index contributed by atoms with van der Waals surface area (Å²) in [4.78, 5) is 2.67. The zero-order chi connectivity index (χ0) is 18.1. The minimum absolute atomic E-state index is 0.315. The Bertz CT molecular complexity index is 713. The van der Waals surface area contributed by atoms with Crippen LogP contribution in [-0.2, 0) is 10.0 Å². The molecule has 1 aromatic carbocycles. The normalized spacial score (nSPS) is 30.1. The van der Waals surface area contributed by atoms with Crippen molar-refractivity contribution in [3.8, 4) is 0 Å². The molecule has 3 saturated heterocycles. The molecule has 0 saturated carbocycles. The quantitative estimate of drug-likeness (QED) is 0.877. The molecule has 144 valence electrons. The van der Waals surface area contributed by atoms with E-state index in [0.29, 0.717) is 12.6 Å². The molecule has 26 heavy (non-hydrogen) atoms. The molecule has 0 aromatic heterocycles. The van der Waals surface area contributed by atoms with Crippen molar-refractivity contribution in [3.05, 3.63) is 29.8 Å². The first-order valence-corrected chi connectivity index (χ1v) is 11.6. The van der Waals surface area contributed by atoms with Crippen molar-refractivity contribution < 1.29 is 8.42 Å². The van der Waals surface area contributed by atoms with Gasteiger partial charge in [-0.3, -0.25) is 9.21 Å². The largest absolute Gasteiger partial charge is 0.315 e. The van der Waals surface area contributed by atoms with Gasteiger partial charge in [0.25, 0.3) is 0 Å². The molecule has 3 heterocycles. The van der Waals surface area contributed by atoms with E-state index in [4.69, 9.17) is 0 Å². The van der Waals surface area contributed by atoms with Crippen LogP contribution in [0.1, 0.15) is 56.6 Å². The third-order valence-corrected chi connectivity index (χ3v) is 8.76. The van der Waals surface area contributed by atoms with Crippen molar-refractivity contribution >= 4 is 15.7 Å². The highest BCUT2D eigenvalue weighted by molar-refractivity contribution is 7.93. The van der Waals surface area contributed by atoms with E-state index in [1.54, 1.807) is 7.05 Å². The van der Waals surface area contributed by atoms with Gasteiger partial charge in [0.05, 0.1) is 10.9 Å². The number of hydrogen-bond donors (Lipinski definition) is 1. The van der Waals surface area contributed by atoms with Crippen LogP contribution in [0.3, 0.4) is 0 Å². The van der Waals surface area contributed by atoms with Crippen LogP contribution < -0.4 is 9.62 Å². The molecule has 6 heteroatoms. The highest BCUT2D eigenvalue weighted by Gasteiger charge is 2.36. The van der Waals surface area contributed by atoms with Gasteiger partial charge in [-0.05, 0) is 69.3 Å². The molecule has 1 aromatic rings. The maximum atomic E-state index is 12.9. The maximum absolute atomic E-state index is 12.9. The molecule has 1 N–H and O–H groups in total. The van der Waals surface area contributed by atoms with Crippen molar-refractivity contribution in [2.75, 3.05) is 31.0 Å². The van der Waals surface area contributed by atoms with Crippen LogP contribution >= 0.6 is 0 Å². The molecular weight excluding hydrogens is 346 g/mol. The number of benzene rings is 1. The SMILES string of the molecule is CN(c1ccc([C@H]2CC[C@H]3CCCCN32)cc1)S(=O)(=O)C1CCCNC1. The van der Waals surface area contributed by atoms with Crippen LogP contribution in [0.2, 0.25) is 0 Å². The number of nitrogens with one attached hydrogen (secondary N) is 1. The molecule has 0 spiro atoms. The van der Waals surface area contributed by atoms with E-state index in [1.807, 2.05) is 12.1 Å². The Morgan fingerprint density at radius 1 is 1.04 bits per heavy atom. The molecule has 3 aliphatic rings. The van der Waals surface area contributed by atoms with Crippen molar-refractivity contribution in [1.29, 1.82) is 0 Å². The van der Waals surface area contributed by atoms with Crippen molar-refractivity contribution in [2.24, 2.45) is 0 Å². The monoisotopic (exact) mass is 377 g/mol. The first-order valence-electron chi connectivity index (χ1n) is 10.1. The summed E-state index contributed by atoms with van der Waals surface area (Å²) in [6.07, 6.45) is 8.21. The highest BCUT2D eigenvalue weighted by Crippen LogP contribution is 2.40. The fraction of sp³-hybridized carbons (Fsp3) is 0.700. The maximum Gasteiger partial charge on any atom is 0.239 e. The second-order valence-electron chi connectivity index (χ2n) is 8.05.